The highest BCUT2D eigenvalue weighted by molar-refractivity contribution is 9.10. The van der Waals surface area contributed by atoms with Crippen molar-refractivity contribution in [3.8, 4) is 5.75 Å². The average Bonchev–Trinajstić information content (AvgIpc) is 2.14. The van der Waals surface area contributed by atoms with Crippen molar-refractivity contribution in [2.24, 2.45) is 11.7 Å². The first-order valence-corrected chi connectivity index (χ1v) is 6.10. The molecule has 0 saturated heterocycles. The topological polar surface area (TPSA) is 35.2 Å². The zero-order valence-electron chi connectivity index (χ0n) is 8.87. The van der Waals surface area contributed by atoms with E-state index in [1.807, 2.05) is 12.1 Å². The van der Waals surface area contributed by atoms with Crippen molar-refractivity contribution in [3.63, 3.8) is 0 Å². The molecule has 0 radical (unpaired) electrons. The van der Waals surface area contributed by atoms with E-state index >= 15 is 0 Å². The van der Waals surface area contributed by atoms with Crippen molar-refractivity contribution in [3.05, 3.63) is 28.2 Å². The van der Waals surface area contributed by atoms with E-state index in [1.165, 1.54) is 24.8 Å². The van der Waals surface area contributed by atoms with Crippen molar-refractivity contribution in [2.45, 2.75) is 25.3 Å². The Balaban J connectivity index is 2.19. The molecule has 0 bridgehead atoms. The minimum Gasteiger partial charge on any atom is -0.497 e. The molecule has 1 aliphatic carbocycles. The summed E-state index contributed by atoms with van der Waals surface area (Å²) in [5, 5.41) is 0. The molecule has 82 valence electrons. The van der Waals surface area contributed by atoms with E-state index in [4.69, 9.17) is 10.5 Å². The third kappa shape index (κ3) is 2.18. The van der Waals surface area contributed by atoms with Crippen LogP contribution < -0.4 is 10.5 Å². The number of ether oxygens (including phenoxy) is 1. The molecule has 3 heteroatoms. The van der Waals surface area contributed by atoms with Gasteiger partial charge in [0.2, 0.25) is 0 Å². The number of nitrogens with two attached hydrogens (primary N) is 1. The second-order valence-corrected chi connectivity index (χ2v) is 4.96. The van der Waals surface area contributed by atoms with Crippen molar-refractivity contribution in [1.82, 2.24) is 0 Å². The summed E-state index contributed by atoms with van der Waals surface area (Å²) in [5.41, 5.74) is 7.42. The summed E-state index contributed by atoms with van der Waals surface area (Å²) in [6.07, 6.45) is 3.85. The van der Waals surface area contributed by atoms with Gasteiger partial charge in [0.25, 0.3) is 0 Å². The highest BCUT2D eigenvalue weighted by Crippen LogP contribution is 2.39. The summed E-state index contributed by atoms with van der Waals surface area (Å²) in [7, 11) is 1.67. The van der Waals surface area contributed by atoms with E-state index in [1.54, 1.807) is 7.11 Å². The van der Waals surface area contributed by atoms with Gasteiger partial charge >= 0.3 is 0 Å². The second-order valence-electron chi connectivity index (χ2n) is 4.10. The Bertz CT molecular complexity index is 349. The molecule has 0 aliphatic heterocycles. The van der Waals surface area contributed by atoms with E-state index < -0.39 is 0 Å². The first kappa shape index (κ1) is 11.0. The summed E-state index contributed by atoms with van der Waals surface area (Å²) in [4.78, 5) is 0. The minimum absolute atomic E-state index is 0.166. The molecule has 1 saturated carbocycles. The summed E-state index contributed by atoms with van der Waals surface area (Å²) in [6, 6.07) is 6.18. The molecule has 0 aromatic heterocycles. The first-order valence-electron chi connectivity index (χ1n) is 5.31. The number of halogens is 1. The van der Waals surface area contributed by atoms with Gasteiger partial charge in [0, 0.05) is 10.5 Å². The maximum Gasteiger partial charge on any atom is 0.120 e. The minimum atomic E-state index is 0.166. The third-order valence-electron chi connectivity index (χ3n) is 3.22. The van der Waals surface area contributed by atoms with Crippen LogP contribution in [-0.4, -0.2) is 7.11 Å². The van der Waals surface area contributed by atoms with Crippen LogP contribution >= 0.6 is 15.9 Å². The van der Waals surface area contributed by atoms with Crippen molar-refractivity contribution in [1.29, 1.82) is 0 Å². The maximum atomic E-state index is 6.22. The quantitative estimate of drug-likeness (QED) is 0.915. The molecule has 2 rings (SSSR count). The van der Waals surface area contributed by atoms with Gasteiger partial charge in [-0.15, -0.1) is 0 Å². The zero-order chi connectivity index (χ0) is 10.8. The monoisotopic (exact) mass is 269 g/mol. The summed E-state index contributed by atoms with van der Waals surface area (Å²) < 4.78 is 6.22. The SMILES string of the molecule is COc1ccc(C(N)C2CCC2)c(Br)c1. The van der Waals surface area contributed by atoms with Gasteiger partial charge in [-0.1, -0.05) is 28.4 Å². The smallest absolute Gasteiger partial charge is 0.120 e. The van der Waals surface area contributed by atoms with E-state index in [9.17, 15) is 0 Å². The molecule has 1 aromatic carbocycles. The van der Waals surface area contributed by atoms with Crippen LogP contribution in [0.1, 0.15) is 30.9 Å². The van der Waals surface area contributed by atoms with Crippen LogP contribution in [0, 0.1) is 5.92 Å². The number of benzene rings is 1. The molecule has 1 unspecified atom stereocenters. The van der Waals surface area contributed by atoms with Crippen molar-refractivity contribution in [2.75, 3.05) is 7.11 Å². The standard InChI is InChI=1S/C12H16BrNO/c1-15-9-5-6-10(11(13)7-9)12(14)8-3-2-4-8/h5-8,12H,2-4,14H2,1H3. The molecule has 0 spiro atoms. The maximum absolute atomic E-state index is 6.22. The van der Waals surface area contributed by atoms with E-state index in [0.29, 0.717) is 5.92 Å². The van der Waals surface area contributed by atoms with Gasteiger partial charge in [0.15, 0.2) is 0 Å². The Kier molecular flexibility index (Phi) is 3.32. The summed E-state index contributed by atoms with van der Waals surface area (Å²) >= 11 is 3.55. The van der Waals surface area contributed by atoms with Gasteiger partial charge in [-0.05, 0) is 36.5 Å². The largest absolute Gasteiger partial charge is 0.497 e. The molecule has 2 N–H and O–H groups in total. The fraction of sp³-hybridized carbons (Fsp3) is 0.500. The fourth-order valence-corrected chi connectivity index (χ4v) is 2.58. The Morgan fingerprint density at radius 1 is 1.47 bits per heavy atom. The molecule has 0 heterocycles. The highest BCUT2D eigenvalue weighted by atomic mass is 79.9. The molecular weight excluding hydrogens is 254 g/mol. The first-order chi connectivity index (χ1) is 7.22. The van der Waals surface area contributed by atoms with Crippen LogP contribution in [-0.2, 0) is 0 Å². The molecule has 1 atom stereocenters. The molecule has 1 aromatic rings. The highest BCUT2D eigenvalue weighted by Gasteiger charge is 2.26. The predicted molar refractivity (Wildman–Crippen MR) is 65.0 cm³/mol. The Morgan fingerprint density at radius 3 is 2.67 bits per heavy atom. The van der Waals surface area contributed by atoms with Crippen molar-refractivity contribution < 1.29 is 4.74 Å². The number of hydrogen-bond donors (Lipinski definition) is 1. The van der Waals surface area contributed by atoms with Gasteiger partial charge < -0.3 is 10.5 Å². The van der Waals surface area contributed by atoms with Crippen LogP contribution in [0.15, 0.2) is 22.7 Å². The predicted octanol–water partition coefficient (Wildman–Crippen LogP) is 3.26. The normalized spacial score (nSPS) is 18.3. The molecule has 1 fully saturated rings. The Labute approximate surface area is 98.9 Å². The van der Waals surface area contributed by atoms with Crippen LogP contribution in [0.25, 0.3) is 0 Å². The number of methoxy groups -OCH3 is 1. The Hall–Kier alpha value is -0.540. The molecule has 0 amide bonds. The lowest BCUT2D eigenvalue weighted by Gasteiger charge is -2.32. The zero-order valence-corrected chi connectivity index (χ0v) is 10.5. The van der Waals surface area contributed by atoms with E-state index in [-0.39, 0.29) is 6.04 Å². The van der Waals surface area contributed by atoms with Gasteiger partial charge in [0.05, 0.1) is 7.11 Å². The summed E-state index contributed by atoms with van der Waals surface area (Å²) in [6.45, 7) is 0. The average molecular weight is 270 g/mol. The van der Waals surface area contributed by atoms with Gasteiger partial charge in [0.1, 0.15) is 5.75 Å². The third-order valence-corrected chi connectivity index (χ3v) is 3.91. The van der Waals surface area contributed by atoms with Crippen LogP contribution in [0.4, 0.5) is 0 Å². The fourth-order valence-electron chi connectivity index (χ4n) is 1.96. The van der Waals surface area contributed by atoms with E-state index in [2.05, 4.69) is 22.0 Å². The molecule has 1 aliphatic rings. The molecule has 15 heavy (non-hydrogen) atoms. The van der Waals surface area contributed by atoms with Gasteiger partial charge in [-0.2, -0.15) is 0 Å². The lowest BCUT2D eigenvalue weighted by Crippen LogP contribution is -2.27. The number of rotatable bonds is 3. The molecule has 2 nitrogen and oxygen atoms in total. The van der Waals surface area contributed by atoms with Crippen LogP contribution in [0.5, 0.6) is 5.75 Å². The van der Waals surface area contributed by atoms with Gasteiger partial charge in [-0.3, -0.25) is 0 Å². The van der Waals surface area contributed by atoms with Crippen LogP contribution in [0.3, 0.4) is 0 Å². The lowest BCUT2D eigenvalue weighted by atomic mass is 9.77. The lowest BCUT2D eigenvalue weighted by molar-refractivity contribution is 0.264. The second kappa shape index (κ2) is 4.54. The number of hydrogen-bond acceptors (Lipinski definition) is 2. The van der Waals surface area contributed by atoms with E-state index in [0.717, 1.165) is 10.2 Å². The Morgan fingerprint density at radius 2 is 2.20 bits per heavy atom. The van der Waals surface area contributed by atoms with Crippen molar-refractivity contribution >= 4 is 15.9 Å². The molecular formula is C12H16BrNO. The van der Waals surface area contributed by atoms with Crippen LogP contribution in [0.2, 0.25) is 0 Å². The summed E-state index contributed by atoms with van der Waals surface area (Å²) in [5.74, 6) is 1.53. The van der Waals surface area contributed by atoms with Gasteiger partial charge in [-0.25, -0.2) is 0 Å².